The molecule has 0 aliphatic carbocycles. The normalized spacial score (nSPS) is 10.5. The Kier molecular flexibility index (Phi) is 4.84. The lowest BCUT2D eigenvalue weighted by Gasteiger charge is -2.06. The number of carbonyl (C=O) groups excluding carboxylic acids is 2. The first-order chi connectivity index (χ1) is 8.99. The number of ether oxygens (including phenoxy) is 1. The Morgan fingerprint density at radius 2 is 1.74 bits per heavy atom. The van der Waals surface area contributed by atoms with Crippen molar-refractivity contribution in [3.63, 3.8) is 0 Å². The third-order valence-corrected chi connectivity index (χ3v) is 2.32. The molecule has 1 aromatic rings. The van der Waals surface area contributed by atoms with Gasteiger partial charge in [-0.15, -0.1) is 0 Å². The van der Waals surface area contributed by atoms with Crippen LogP contribution in [0.25, 0.3) is 0 Å². The van der Waals surface area contributed by atoms with Crippen molar-refractivity contribution in [2.24, 2.45) is 0 Å². The maximum Gasteiger partial charge on any atom is 0.337 e. The van der Waals surface area contributed by atoms with Crippen molar-refractivity contribution in [3.05, 3.63) is 47.2 Å². The summed E-state index contributed by atoms with van der Waals surface area (Å²) in [7, 11) is 4.74. The minimum absolute atomic E-state index is 0.0378. The second-order valence-corrected chi connectivity index (χ2v) is 4.02. The summed E-state index contributed by atoms with van der Waals surface area (Å²) in [5.41, 5.74) is 0.743. The standard InChI is InChI=1S/C14H14N2O3/c1-16(2)9-12(8-15)13(17)10-4-6-11(7-5-10)14(18)19-3/h4-7,9H,1-3H3. The zero-order valence-corrected chi connectivity index (χ0v) is 11.0. The van der Waals surface area contributed by atoms with Crippen LogP contribution < -0.4 is 0 Å². The van der Waals surface area contributed by atoms with Crippen LogP contribution in [0.4, 0.5) is 0 Å². The summed E-state index contributed by atoms with van der Waals surface area (Å²) >= 11 is 0. The Morgan fingerprint density at radius 3 is 2.16 bits per heavy atom. The summed E-state index contributed by atoms with van der Waals surface area (Å²) in [5, 5.41) is 8.95. The second-order valence-electron chi connectivity index (χ2n) is 4.02. The molecule has 0 spiro atoms. The number of nitrogens with zero attached hydrogens (tertiary/aromatic N) is 2. The lowest BCUT2D eigenvalue weighted by Crippen LogP contribution is -2.09. The van der Waals surface area contributed by atoms with Crippen molar-refractivity contribution < 1.29 is 14.3 Å². The molecule has 0 radical (unpaired) electrons. The van der Waals surface area contributed by atoms with Crippen molar-refractivity contribution in [3.8, 4) is 6.07 Å². The van der Waals surface area contributed by atoms with Crippen LogP contribution in [0.3, 0.4) is 0 Å². The van der Waals surface area contributed by atoms with E-state index in [1.165, 1.54) is 37.6 Å². The van der Waals surface area contributed by atoms with Crippen molar-refractivity contribution in [1.82, 2.24) is 4.90 Å². The lowest BCUT2D eigenvalue weighted by molar-refractivity contribution is 0.0600. The van der Waals surface area contributed by atoms with Crippen LogP contribution in [0, 0.1) is 11.3 Å². The highest BCUT2D eigenvalue weighted by Gasteiger charge is 2.13. The highest BCUT2D eigenvalue weighted by molar-refractivity contribution is 6.11. The molecule has 0 unspecified atom stereocenters. The van der Waals surface area contributed by atoms with Gasteiger partial charge in [-0.3, -0.25) is 4.79 Å². The van der Waals surface area contributed by atoms with Gasteiger partial charge in [0.15, 0.2) is 0 Å². The third kappa shape index (κ3) is 3.68. The molecule has 0 aliphatic heterocycles. The van der Waals surface area contributed by atoms with Gasteiger partial charge in [0.25, 0.3) is 0 Å². The molecule has 0 aliphatic rings. The Morgan fingerprint density at radius 1 is 1.21 bits per heavy atom. The molecule has 0 fully saturated rings. The fraction of sp³-hybridized carbons (Fsp3) is 0.214. The smallest absolute Gasteiger partial charge is 0.337 e. The zero-order valence-electron chi connectivity index (χ0n) is 11.0. The number of methoxy groups -OCH3 is 1. The van der Waals surface area contributed by atoms with Crippen LogP contribution in [0.15, 0.2) is 36.0 Å². The molecule has 1 aromatic carbocycles. The molecule has 0 saturated carbocycles. The predicted octanol–water partition coefficient (Wildman–Crippen LogP) is 1.62. The number of esters is 1. The van der Waals surface area contributed by atoms with E-state index in [1.54, 1.807) is 19.0 Å². The van der Waals surface area contributed by atoms with E-state index >= 15 is 0 Å². The van der Waals surface area contributed by atoms with E-state index in [-0.39, 0.29) is 11.4 Å². The van der Waals surface area contributed by atoms with E-state index in [0.717, 1.165) is 0 Å². The number of hydrogen-bond donors (Lipinski definition) is 0. The molecule has 0 amide bonds. The largest absolute Gasteiger partial charge is 0.465 e. The van der Waals surface area contributed by atoms with Gasteiger partial charge in [0.2, 0.25) is 5.78 Å². The molecule has 98 valence electrons. The summed E-state index contributed by atoms with van der Waals surface area (Å²) in [5.74, 6) is -0.851. The summed E-state index contributed by atoms with van der Waals surface area (Å²) in [6.07, 6.45) is 1.45. The number of ketones is 1. The van der Waals surface area contributed by atoms with Crippen molar-refractivity contribution in [2.75, 3.05) is 21.2 Å². The first-order valence-corrected chi connectivity index (χ1v) is 5.51. The number of benzene rings is 1. The Labute approximate surface area is 111 Å². The molecule has 0 heterocycles. The van der Waals surface area contributed by atoms with Gasteiger partial charge in [-0.25, -0.2) is 4.79 Å². The molecular weight excluding hydrogens is 244 g/mol. The van der Waals surface area contributed by atoms with Gasteiger partial charge in [0.1, 0.15) is 11.6 Å². The molecule has 1 rings (SSSR count). The van der Waals surface area contributed by atoms with E-state index in [1.807, 2.05) is 6.07 Å². The average Bonchev–Trinajstić information content (AvgIpc) is 2.43. The number of Topliss-reactive ketones (excluding diaryl/α,β-unsaturated/α-hetero) is 1. The number of rotatable bonds is 4. The van der Waals surface area contributed by atoms with Gasteiger partial charge in [0.05, 0.1) is 12.7 Å². The van der Waals surface area contributed by atoms with E-state index in [9.17, 15) is 9.59 Å². The molecule has 19 heavy (non-hydrogen) atoms. The molecule has 0 bridgehead atoms. The van der Waals surface area contributed by atoms with Crippen molar-refractivity contribution >= 4 is 11.8 Å². The molecule has 0 saturated heterocycles. The zero-order chi connectivity index (χ0) is 14.4. The van der Waals surface area contributed by atoms with Gasteiger partial charge >= 0.3 is 5.97 Å². The highest BCUT2D eigenvalue weighted by Crippen LogP contribution is 2.11. The molecular formula is C14H14N2O3. The van der Waals surface area contributed by atoms with Gasteiger partial charge in [-0.05, 0) is 12.1 Å². The van der Waals surface area contributed by atoms with Crippen molar-refractivity contribution in [1.29, 1.82) is 5.26 Å². The summed E-state index contributed by atoms with van der Waals surface area (Å²) in [6, 6.07) is 7.83. The van der Waals surface area contributed by atoms with Gasteiger partial charge in [-0.1, -0.05) is 12.1 Å². The summed E-state index contributed by atoms with van der Waals surface area (Å²) in [6.45, 7) is 0. The minimum atomic E-state index is -0.469. The fourth-order valence-electron chi connectivity index (χ4n) is 1.43. The number of nitriles is 1. The van der Waals surface area contributed by atoms with Gasteiger partial charge in [0, 0.05) is 25.9 Å². The second kappa shape index (κ2) is 6.36. The molecule has 0 aromatic heterocycles. The monoisotopic (exact) mass is 258 g/mol. The van der Waals surface area contributed by atoms with Crippen LogP contribution in [0.2, 0.25) is 0 Å². The summed E-state index contributed by atoms with van der Waals surface area (Å²) < 4.78 is 4.56. The Hall–Kier alpha value is -2.61. The van der Waals surface area contributed by atoms with E-state index in [2.05, 4.69) is 4.74 Å². The van der Waals surface area contributed by atoms with Crippen LogP contribution in [0.5, 0.6) is 0 Å². The lowest BCUT2D eigenvalue weighted by atomic mass is 10.0. The van der Waals surface area contributed by atoms with Crippen LogP contribution in [0.1, 0.15) is 20.7 Å². The highest BCUT2D eigenvalue weighted by atomic mass is 16.5. The molecule has 0 N–H and O–H groups in total. The first kappa shape index (κ1) is 14.5. The average molecular weight is 258 g/mol. The number of allylic oxidation sites excluding steroid dienone is 1. The van der Waals surface area contributed by atoms with Crippen LogP contribution >= 0.6 is 0 Å². The topological polar surface area (TPSA) is 70.4 Å². The van der Waals surface area contributed by atoms with Crippen molar-refractivity contribution in [2.45, 2.75) is 0 Å². The third-order valence-electron chi connectivity index (χ3n) is 2.32. The van der Waals surface area contributed by atoms with E-state index in [0.29, 0.717) is 11.1 Å². The maximum absolute atomic E-state index is 12.0. The van der Waals surface area contributed by atoms with E-state index < -0.39 is 5.97 Å². The van der Waals surface area contributed by atoms with Gasteiger partial charge in [-0.2, -0.15) is 5.26 Å². The van der Waals surface area contributed by atoms with Gasteiger partial charge < -0.3 is 9.64 Å². The van der Waals surface area contributed by atoms with E-state index in [4.69, 9.17) is 5.26 Å². The van der Waals surface area contributed by atoms with Crippen LogP contribution in [-0.2, 0) is 4.74 Å². The minimum Gasteiger partial charge on any atom is -0.465 e. The number of hydrogen-bond acceptors (Lipinski definition) is 5. The molecule has 0 atom stereocenters. The number of carbonyl (C=O) groups is 2. The molecule has 5 heteroatoms. The maximum atomic E-state index is 12.0. The van der Waals surface area contributed by atoms with Crippen LogP contribution in [-0.4, -0.2) is 37.9 Å². The Bertz CT molecular complexity index is 551. The molecule has 5 nitrogen and oxygen atoms in total. The SMILES string of the molecule is COC(=O)c1ccc(C(=O)C(C#N)=CN(C)C)cc1. The Balaban J connectivity index is 3.02. The quantitative estimate of drug-likeness (QED) is 0.355. The first-order valence-electron chi connectivity index (χ1n) is 5.51. The predicted molar refractivity (Wildman–Crippen MR) is 69.5 cm³/mol. The fourth-order valence-corrected chi connectivity index (χ4v) is 1.43. The summed E-state index contributed by atoms with van der Waals surface area (Å²) in [4.78, 5) is 24.9.